The number of nitrogens with zero attached hydrogens (tertiary/aromatic N) is 2. The standard InChI is InChI=1S/C13H22BrN3O/c1-4-18-13(9-5-6-9)11(15)12-10(14)7-16-17(12)8(2)3/h7-9,11,13H,4-6,15H2,1-3H3. The zero-order valence-corrected chi connectivity index (χ0v) is 12.9. The minimum Gasteiger partial charge on any atom is -0.376 e. The van der Waals surface area contributed by atoms with Gasteiger partial charge in [0.25, 0.3) is 0 Å². The van der Waals surface area contributed by atoms with Crippen molar-refractivity contribution in [3.8, 4) is 0 Å². The lowest BCUT2D eigenvalue weighted by atomic mass is 10.0. The van der Waals surface area contributed by atoms with Gasteiger partial charge in [-0.1, -0.05) is 0 Å². The smallest absolute Gasteiger partial charge is 0.0811 e. The molecule has 0 saturated heterocycles. The predicted molar refractivity (Wildman–Crippen MR) is 75.4 cm³/mol. The van der Waals surface area contributed by atoms with Crippen molar-refractivity contribution < 1.29 is 4.74 Å². The molecule has 2 unspecified atom stereocenters. The first kappa shape index (κ1) is 14.0. The van der Waals surface area contributed by atoms with Crippen LogP contribution in [0.15, 0.2) is 10.7 Å². The van der Waals surface area contributed by atoms with Crippen molar-refractivity contribution in [2.24, 2.45) is 11.7 Å². The maximum atomic E-state index is 6.43. The molecule has 0 radical (unpaired) electrons. The Morgan fingerprint density at radius 2 is 2.22 bits per heavy atom. The van der Waals surface area contributed by atoms with Crippen molar-refractivity contribution in [2.75, 3.05) is 6.61 Å². The van der Waals surface area contributed by atoms with Gasteiger partial charge in [0.05, 0.1) is 28.5 Å². The number of nitrogens with two attached hydrogens (primary N) is 1. The van der Waals surface area contributed by atoms with Crippen LogP contribution in [0.3, 0.4) is 0 Å². The zero-order chi connectivity index (χ0) is 13.3. The molecule has 0 spiro atoms. The molecule has 102 valence electrons. The summed E-state index contributed by atoms with van der Waals surface area (Å²) in [5.74, 6) is 0.613. The lowest BCUT2D eigenvalue weighted by molar-refractivity contribution is 0.0259. The Labute approximate surface area is 117 Å². The van der Waals surface area contributed by atoms with Crippen LogP contribution in [0, 0.1) is 5.92 Å². The zero-order valence-electron chi connectivity index (χ0n) is 11.3. The van der Waals surface area contributed by atoms with Crippen molar-refractivity contribution >= 4 is 15.9 Å². The molecule has 1 heterocycles. The van der Waals surface area contributed by atoms with Gasteiger partial charge in [-0.3, -0.25) is 4.68 Å². The SMILES string of the molecule is CCOC(C1CC1)C(N)c1c(Br)cnn1C(C)C. The van der Waals surface area contributed by atoms with E-state index in [1.54, 1.807) is 0 Å². The molecule has 1 aromatic heterocycles. The topological polar surface area (TPSA) is 53.1 Å². The maximum absolute atomic E-state index is 6.43. The van der Waals surface area contributed by atoms with Crippen molar-refractivity contribution in [1.29, 1.82) is 0 Å². The molecule has 5 heteroatoms. The summed E-state index contributed by atoms with van der Waals surface area (Å²) in [5.41, 5.74) is 7.49. The number of hydrogen-bond donors (Lipinski definition) is 1. The van der Waals surface area contributed by atoms with Crippen LogP contribution < -0.4 is 5.73 Å². The van der Waals surface area contributed by atoms with Gasteiger partial charge in [-0.15, -0.1) is 0 Å². The lowest BCUT2D eigenvalue weighted by Crippen LogP contribution is -2.33. The highest BCUT2D eigenvalue weighted by Gasteiger charge is 2.38. The van der Waals surface area contributed by atoms with Crippen LogP contribution in [0.2, 0.25) is 0 Å². The van der Waals surface area contributed by atoms with Crippen LogP contribution in [0.25, 0.3) is 0 Å². The summed E-state index contributed by atoms with van der Waals surface area (Å²) in [6.45, 7) is 6.96. The van der Waals surface area contributed by atoms with Gasteiger partial charge in [0.15, 0.2) is 0 Å². The molecular formula is C13H22BrN3O. The van der Waals surface area contributed by atoms with Gasteiger partial charge < -0.3 is 10.5 Å². The largest absolute Gasteiger partial charge is 0.376 e. The van der Waals surface area contributed by atoms with Crippen LogP contribution in [0.1, 0.15) is 51.4 Å². The third kappa shape index (κ3) is 2.78. The number of rotatable bonds is 6. The van der Waals surface area contributed by atoms with Crippen molar-refractivity contribution in [3.63, 3.8) is 0 Å². The molecule has 0 amide bonds. The Morgan fingerprint density at radius 3 is 2.72 bits per heavy atom. The van der Waals surface area contributed by atoms with Crippen LogP contribution >= 0.6 is 15.9 Å². The molecule has 2 rings (SSSR count). The van der Waals surface area contributed by atoms with E-state index in [2.05, 4.69) is 34.9 Å². The number of aromatic nitrogens is 2. The Bertz CT molecular complexity index is 401. The molecule has 2 atom stereocenters. The predicted octanol–water partition coefficient (Wildman–Crippen LogP) is 3.04. The minimum absolute atomic E-state index is 0.112. The molecular weight excluding hydrogens is 294 g/mol. The molecule has 1 fully saturated rings. The van der Waals surface area contributed by atoms with E-state index in [0.29, 0.717) is 18.6 Å². The molecule has 18 heavy (non-hydrogen) atoms. The highest BCUT2D eigenvalue weighted by Crippen LogP contribution is 2.40. The Balaban J connectivity index is 2.25. The molecule has 2 N–H and O–H groups in total. The second kappa shape index (κ2) is 5.72. The fourth-order valence-corrected chi connectivity index (χ4v) is 2.92. The maximum Gasteiger partial charge on any atom is 0.0811 e. The van der Waals surface area contributed by atoms with E-state index in [4.69, 9.17) is 10.5 Å². The minimum atomic E-state index is -0.114. The Hall–Kier alpha value is -0.390. The molecule has 1 aliphatic rings. The third-order valence-electron chi connectivity index (χ3n) is 3.39. The fourth-order valence-electron chi connectivity index (χ4n) is 2.38. The highest BCUT2D eigenvalue weighted by atomic mass is 79.9. The van der Waals surface area contributed by atoms with Gasteiger partial charge >= 0.3 is 0 Å². The van der Waals surface area contributed by atoms with Gasteiger partial charge in [0.2, 0.25) is 0 Å². The molecule has 0 aromatic carbocycles. The number of halogens is 1. The molecule has 1 aromatic rings. The third-order valence-corrected chi connectivity index (χ3v) is 4.00. The summed E-state index contributed by atoms with van der Waals surface area (Å²) in [7, 11) is 0. The van der Waals surface area contributed by atoms with E-state index < -0.39 is 0 Å². The van der Waals surface area contributed by atoms with Gasteiger partial charge in [-0.2, -0.15) is 5.10 Å². The summed E-state index contributed by atoms with van der Waals surface area (Å²) in [4.78, 5) is 0. The van der Waals surface area contributed by atoms with E-state index in [0.717, 1.165) is 10.2 Å². The lowest BCUT2D eigenvalue weighted by Gasteiger charge is -2.26. The summed E-state index contributed by atoms with van der Waals surface area (Å²) in [5, 5.41) is 4.39. The first-order chi connectivity index (χ1) is 8.56. The summed E-state index contributed by atoms with van der Waals surface area (Å²) >= 11 is 3.56. The van der Waals surface area contributed by atoms with Gasteiger partial charge in [-0.05, 0) is 55.5 Å². The van der Waals surface area contributed by atoms with E-state index in [1.165, 1.54) is 12.8 Å². The van der Waals surface area contributed by atoms with Crippen LogP contribution in [0.5, 0.6) is 0 Å². The number of ether oxygens (including phenoxy) is 1. The average Bonchev–Trinajstić information content (AvgIpc) is 3.07. The second-order valence-electron chi connectivity index (χ2n) is 5.20. The van der Waals surface area contributed by atoms with Gasteiger partial charge in [-0.25, -0.2) is 0 Å². The highest BCUT2D eigenvalue weighted by molar-refractivity contribution is 9.10. The van der Waals surface area contributed by atoms with Crippen molar-refractivity contribution in [3.05, 3.63) is 16.4 Å². The first-order valence-corrected chi connectivity index (χ1v) is 7.45. The number of hydrogen-bond acceptors (Lipinski definition) is 3. The average molecular weight is 316 g/mol. The van der Waals surface area contributed by atoms with Crippen LogP contribution in [-0.4, -0.2) is 22.5 Å². The normalized spacial score (nSPS) is 19.2. The molecule has 1 saturated carbocycles. The van der Waals surface area contributed by atoms with Gasteiger partial charge in [0, 0.05) is 12.6 Å². The van der Waals surface area contributed by atoms with Crippen LogP contribution in [0.4, 0.5) is 0 Å². The van der Waals surface area contributed by atoms with E-state index in [-0.39, 0.29) is 12.1 Å². The van der Waals surface area contributed by atoms with E-state index in [1.807, 2.05) is 17.8 Å². The monoisotopic (exact) mass is 315 g/mol. The quantitative estimate of drug-likeness (QED) is 0.877. The van der Waals surface area contributed by atoms with E-state index in [9.17, 15) is 0 Å². The Kier molecular flexibility index (Phi) is 4.45. The Morgan fingerprint density at radius 1 is 1.56 bits per heavy atom. The summed E-state index contributed by atoms with van der Waals surface area (Å²) in [6.07, 6.45) is 4.39. The van der Waals surface area contributed by atoms with Crippen LogP contribution in [-0.2, 0) is 4.74 Å². The first-order valence-electron chi connectivity index (χ1n) is 6.66. The van der Waals surface area contributed by atoms with Crippen molar-refractivity contribution in [2.45, 2.75) is 51.8 Å². The van der Waals surface area contributed by atoms with E-state index >= 15 is 0 Å². The van der Waals surface area contributed by atoms with Crippen molar-refractivity contribution in [1.82, 2.24) is 9.78 Å². The summed E-state index contributed by atoms with van der Waals surface area (Å²) in [6, 6.07) is 0.190. The fraction of sp³-hybridized carbons (Fsp3) is 0.769. The molecule has 0 aliphatic heterocycles. The van der Waals surface area contributed by atoms with Gasteiger partial charge in [0.1, 0.15) is 0 Å². The second-order valence-corrected chi connectivity index (χ2v) is 6.05. The molecule has 4 nitrogen and oxygen atoms in total. The molecule has 1 aliphatic carbocycles. The molecule has 0 bridgehead atoms. The summed E-state index contributed by atoms with van der Waals surface area (Å²) < 4.78 is 8.82.